The van der Waals surface area contributed by atoms with Crippen LogP contribution in [-0.4, -0.2) is 16.1 Å². The molecule has 0 aliphatic carbocycles. The van der Waals surface area contributed by atoms with Crippen molar-refractivity contribution in [1.82, 2.24) is 4.98 Å². The summed E-state index contributed by atoms with van der Waals surface area (Å²) < 4.78 is 6.73. The van der Waals surface area contributed by atoms with Gasteiger partial charge in [0.1, 0.15) is 21.3 Å². The van der Waals surface area contributed by atoms with E-state index in [9.17, 15) is 4.79 Å². The number of aromatic nitrogens is 1. The third-order valence-electron chi connectivity index (χ3n) is 2.46. The highest BCUT2D eigenvalue weighted by Crippen LogP contribution is 2.40. The SMILES string of the molecule is O=C(O)c1coc(-c2csc(-c3cc(Br)c(Cl)s3)n2)c1. The number of thiazole rings is 1. The second-order valence-corrected chi connectivity index (χ2v) is 7.14. The lowest BCUT2D eigenvalue weighted by molar-refractivity contribution is 0.0696. The standard InChI is InChI=1S/C12H5BrClNO3S2/c13-6-2-9(20-10(6)14)11-15-7(4-19-11)8-1-5(3-18-8)12(16)17/h1-4H,(H,16,17). The molecule has 0 aromatic carbocycles. The van der Waals surface area contributed by atoms with Gasteiger partial charge in [-0.3, -0.25) is 0 Å². The van der Waals surface area contributed by atoms with E-state index in [4.69, 9.17) is 21.1 Å². The van der Waals surface area contributed by atoms with Crippen LogP contribution in [0, 0.1) is 0 Å². The Morgan fingerprint density at radius 1 is 1.45 bits per heavy atom. The van der Waals surface area contributed by atoms with Crippen molar-refractivity contribution < 1.29 is 14.3 Å². The van der Waals surface area contributed by atoms with Crippen LogP contribution in [0.25, 0.3) is 21.3 Å². The first kappa shape index (κ1) is 13.8. The minimum atomic E-state index is -1.02. The summed E-state index contributed by atoms with van der Waals surface area (Å²) in [6, 6.07) is 3.36. The maximum absolute atomic E-state index is 10.8. The highest BCUT2D eigenvalue weighted by Gasteiger charge is 2.15. The van der Waals surface area contributed by atoms with Gasteiger partial charge in [-0.2, -0.15) is 0 Å². The smallest absolute Gasteiger partial charge is 0.338 e. The molecule has 20 heavy (non-hydrogen) atoms. The molecular formula is C12H5BrClNO3S2. The molecular weight excluding hydrogens is 386 g/mol. The molecule has 0 aliphatic rings. The van der Waals surface area contributed by atoms with Crippen molar-refractivity contribution in [2.24, 2.45) is 0 Å². The zero-order valence-electron chi connectivity index (χ0n) is 9.59. The molecule has 0 amide bonds. The summed E-state index contributed by atoms with van der Waals surface area (Å²) in [6.07, 6.45) is 1.20. The minimum absolute atomic E-state index is 0.108. The van der Waals surface area contributed by atoms with Crippen LogP contribution in [-0.2, 0) is 0 Å². The molecule has 0 aliphatic heterocycles. The Labute approximate surface area is 134 Å². The van der Waals surface area contributed by atoms with Gasteiger partial charge in [0.25, 0.3) is 0 Å². The number of carboxylic acid groups (broad SMARTS) is 1. The minimum Gasteiger partial charge on any atom is -0.478 e. The van der Waals surface area contributed by atoms with E-state index < -0.39 is 5.97 Å². The molecule has 3 aromatic rings. The summed E-state index contributed by atoms with van der Waals surface area (Å²) in [7, 11) is 0. The largest absolute Gasteiger partial charge is 0.478 e. The number of thiophene rings is 1. The molecule has 0 saturated carbocycles. The Bertz CT molecular complexity index is 773. The van der Waals surface area contributed by atoms with Crippen molar-refractivity contribution in [3.63, 3.8) is 0 Å². The maximum atomic E-state index is 10.8. The van der Waals surface area contributed by atoms with Crippen molar-refractivity contribution >= 4 is 56.2 Å². The van der Waals surface area contributed by atoms with E-state index in [-0.39, 0.29) is 5.56 Å². The van der Waals surface area contributed by atoms with Crippen LogP contribution in [0.15, 0.2) is 32.7 Å². The number of hydrogen-bond donors (Lipinski definition) is 1. The summed E-state index contributed by atoms with van der Waals surface area (Å²) >= 11 is 12.2. The summed E-state index contributed by atoms with van der Waals surface area (Å²) in [6.45, 7) is 0. The first-order chi connectivity index (χ1) is 9.54. The van der Waals surface area contributed by atoms with E-state index in [1.165, 1.54) is 35.0 Å². The third kappa shape index (κ3) is 2.54. The molecule has 102 valence electrons. The van der Waals surface area contributed by atoms with E-state index in [2.05, 4.69) is 20.9 Å². The van der Waals surface area contributed by atoms with Crippen molar-refractivity contribution in [3.8, 4) is 21.3 Å². The zero-order chi connectivity index (χ0) is 14.3. The highest BCUT2D eigenvalue weighted by atomic mass is 79.9. The molecule has 0 atom stereocenters. The average Bonchev–Trinajstić information content (AvgIpc) is 3.09. The molecule has 8 heteroatoms. The van der Waals surface area contributed by atoms with Gasteiger partial charge in [0.15, 0.2) is 5.76 Å². The van der Waals surface area contributed by atoms with Crippen LogP contribution < -0.4 is 0 Å². The van der Waals surface area contributed by atoms with E-state index in [0.29, 0.717) is 15.8 Å². The Hall–Kier alpha value is -1.15. The van der Waals surface area contributed by atoms with Crippen LogP contribution in [0.1, 0.15) is 10.4 Å². The maximum Gasteiger partial charge on any atom is 0.338 e. The predicted molar refractivity (Wildman–Crippen MR) is 82.8 cm³/mol. The molecule has 0 fully saturated rings. The van der Waals surface area contributed by atoms with Crippen LogP contribution in [0.4, 0.5) is 0 Å². The fourth-order valence-corrected chi connectivity index (χ4v) is 4.11. The topological polar surface area (TPSA) is 63.3 Å². The Kier molecular flexibility index (Phi) is 3.68. The van der Waals surface area contributed by atoms with Gasteiger partial charge in [-0.25, -0.2) is 9.78 Å². The van der Waals surface area contributed by atoms with E-state index in [0.717, 1.165) is 14.4 Å². The summed E-state index contributed by atoms with van der Waals surface area (Å²) in [5.74, 6) is -0.587. The van der Waals surface area contributed by atoms with Crippen LogP contribution >= 0.6 is 50.2 Å². The zero-order valence-corrected chi connectivity index (χ0v) is 13.6. The molecule has 1 N–H and O–H groups in total. The summed E-state index contributed by atoms with van der Waals surface area (Å²) in [4.78, 5) is 16.2. The first-order valence-corrected chi connectivity index (χ1v) is 8.14. The molecule has 3 aromatic heterocycles. The lowest BCUT2D eigenvalue weighted by Gasteiger charge is -1.88. The number of carbonyl (C=O) groups is 1. The van der Waals surface area contributed by atoms with Crippen LogP contribution in [0.2, 0.25) is 4.34 Å². The van der Waals surface area contributed by atoms with E-state index in [1.807, 2.05) is 11.4 Å². The van der Waals surface area contributed by atoms with Crippen molar-refractivity contribution in [3.05, 3.63) is 38.1 Å². The predicted octanol–water partition coefficient (Wildman–Crippen LogP) is 5.25. The van der Waals surface area contributed by atoms with Gasteiger partial charge in [0.05, 0.1) is 10.4 Å². The second kappa shape index (κ2) is 5.33. The number of hydrogen-bond acceptors (Lipinski definition) is 5. The molecule has 3 heterocycles. The lowest BCUT2D eigenvalue weighted by Crippen LogP contribution is -1.91. The van der Waals surface area contributed by atoms with Gasteiger partial charge in [-0.05, 0) is 22.0 Å². The number of rotatable bonds is 3. The fraction of sp³-hybridized carbons (Fsp3) is 0. The fourth-order valence-electron chi connectivity index (χ4n) is 1.53. The monoisotopic (exact) mass is 389 g/mol. The van der Waals surface area contributed by atoms with Crippen LogP contribution in [0.3, 0.4) is 0 Å². The Balaban J connectivity index is 1.95. The first-order valence-electron chi connectivity index (χ1n) is 5.27. The van der Waals surface area contributed by atoms with Gasteiger partial charge in [0.2, 0.25) is 0 Å². The van der Waals surface area contributed by atoms with Gasteiger partial charge in [-0.15, -0.1) is 22.7 Å². The second-order valence-electron chi connectivity index (χ2n) is 3.77. The Morgan fingerprint density at radius 3 is 2.85 bits per heavy atom. The quantitative estimate of drug-likeness (QED) is 0.664. The molecule has 0 spiro atoms. The van der Waals surface area contributed by atoms with E-state index in [1.54, 1.807) is 0 Å². The van der Waals surface area contributed by atoms with Crippen molar-refractivity contribution in [2.45, 2.75) is 0 Å². The van der Waals surface area contributed by atoms with Crippen LogP contribution in [0.5, 0.6) is 0 Å². The highest BCUT2D eigenvalue weighted by molar-refractivity contribution is 9.10. The molecule has 3 rings (SSSR count). The van der Waals surface area contributed by atoms with E-state index >= 15 is 0 Å². The third-order valence-corrected chi connectivity index (χ3v) is 5.95. The summed E-state index contributed by atoms with van der Waals surface area (Å²) in [5, 5.41) is 11.5. The number of furan rings is 1. The molecule has 0 unspecified atom stereocenters. The normalized spacial score (nSPS) is 10.9. The van der Waals surface area contributed by atoms with Gasteiger partial charge in [0, 0.05) is 15.9 Å². The van der Waals surface area contributed by atoms with Crippen molar-refractivity contribution in [2.75, 3.05) is 0 Å². The number of nitrogens with zero attached hydrogens (tertiary/aromatic N) is 1. The molecule has 0 saturated heterocycles. The average molecular weight is 391 g/mol. The Morgan fingerprint density at radius 2 is 2.25 bits per heavy atom. The molecule has 4 nitrogen and oxygen atoms in total. The van der Waals surface area contributed by atoms with Gasteiger partial charge in [-0.1, -0.05) is 11.6 Å². The molecule has 0 radical (unpaired) electrons. The van der Waals surface area contributed by atoms with Crippen molar-refractivity contribution in [1.29, 1.82) is 0 Å². The number of carboxylic acids is 1. The molecule has 0 bridgehead atoms. The number of halogens is 2. The summed E-state index contributed by atoms with van der Waals surface area (Å²) in [5.41, 5.74) is 0.717. The lowest BCUT2D eigenvalue weighted by atomic mass is 10.3. The van der Waals surface area contributed by atoms with Gasteiger partial charge < -0.3 is 9.52 Å². The van der Waals surface area contributed by atoms with Gasteiger partial charge >= 0.3 is 5.97 Å². The number of aromatic carboxylic acids is 1.